The summed E-state index contributed by atoms with van der Waals surface area (Å²) in [5.41, 5.74) is 1.33. The van der Waals surface area contributed by atoms with Crippen LogP contribution in [0.1, 0.15) is 27.7 Å². The lowest BCUT2D eigenvalue weighted by Gasteiger charge is -2.54. The Bertz CT molecular complexity index is 345. The van der Waals surface area contributed by atoms with Crippen molar-refractivity contribution in [3.05, 3.63) is 23.8 Å². The Balaban J connectivity index is 2.40. The Hall–Kier alpha value is -0.600. The van der Waals surface area contributed by atoms with Crippen molar-refractivity contribution in [2.24, 2.45) is 23.2 Å². The van der Waals surface area contributed by atoms with Crippen molar-refractivity contribution >= 4 is 0 Å². The van der Waals surface area contributed by atoms with E-state index in [1.54, 1.807) is 0 Å². The van der Waals surface area contributed by atoms with Crippen molar-refractivity contribution in [2.75, 3.05) is 13.2 Å². The predicted octanol–water partition coefficient (Wildman–Crippen LogP) is 2.79. The minimum atomic E-state index is -0.0811. The maximum atomic E-state index is 9.81. The van der Waals surface area contributed by atoms with E-state index in [2.05, 4.69) is 39.0 Å². The summed E-state index contributed by atoms with van der Waals surface area (Å²) < 4.78 is 6.00. The molecule has 2 heteroatoms. The standard InChI is InChI=1S/C15H24O2/c1-5-6-13-14-10(2)7-11(3)15(8-16,9-17-13)12(14)4/h5-7,11-14,16H,8-9H2,1-4H3/b6-5-. The molecule has 1 heterocycles. The summed E-state index contributed by atoms with van der Waals surface area (Å²) in [7, 11) is 0. The van der Waals surface area contributed by atoms with Crippen molar-refractivity contribution in [1.82, 2.24) is 0 Å². The van der Waals surface area contributed by atoms with Gasteiger partial charge in [-0.2, -0.15) is 0 Å². The van der Waals surface area contributed by atoms with Gasteiger partial charge in [0.05, 0.1) is 19.3 Å². The molecule has 0 radical (unpaired) electrons. The van der Waals surface area contributed by atoms with Gasteiger partial charge in [-0.1, -0.05) is 37.6 Å². The number of ether oxygens (including phenoxy) is 1. The summed E-state index contributed by atoms with van der Waals surface area (Å²) in [4.78, 5) is 0. The zero-order valence-corrected chi connectivity index (χ0v) is 11.3. The van der Waals surface area contributed by atoms with E-state index in [1.807, 2.05) is 6.92 Å². The van der Waals surface area contributed by atoms with Crippen molar-refractivity contribution in [3.63, 3.8) is 0 Å². The van der Waals surface area contributed by atoms with Crippen LogP contribution in [0.15, 0.2) is 23.8 Å². The average molecular weight is 236 g/mol. The lowest BCUT2D eigenvalue weighted by Crippen LogP contribution is -2.55. The molecule has 0 aromatic heterocycles. The molecule has 0 aromatic carbocycles. The zero-order chi connectivity index (χ0) is 12.6. The summed E-state index contributed by atoms with van der Waals surface area (Å²) in [5, 5.41) is 9.81. The second-order valence-corrected chi connectivity index (χ2v) is 5.71. The summed E-state index contributed by atoms with van der Waals surface area (Å²) >= 11 is 0. The van der Waals surface area contributed by atoms with Crippen LogP contribution in [0.5, 0.6) is 0 Å². The van der Waals surface area contributed by atoms with Gasteiger partial charge in [0.2, 0.25) is 0 Å². The maximum Gasteiger partial charge on any atom is 0.0823 e. The molecular formula is C15H24O2. The lowest BCUT2D eigenvalue weighted by molar-refractivity contribution is -0.148. The van der Waals surface area contributed by atoms with Crippen LogP contribution in [0.2, 0.25) is 0 Å². The SMILES string of the molecule is C/C=C\C1OCC2(CO)C(C)C=C(C)C1C2C. The van der Waals surface area contributed by atoms with Gasteiger partial charge in [0.1, 0.15) is 0 Å². The number of rotatable bonds is 2. The van der Waals surface area contributed by atoms with Crippen LogP contribution in [-0.4, -0.2) is 24.4 Å². The smallest absolute Gasteiger partial charge is 0.0823 e. The van der Waals surface area contributed by atoms with E-state index in [1.165, 1.54) is 5.57 Å². The molecule has 5 atom stereocenters. The van der Waals surface area contributed by atoms with E-state index >= 15 is 0 Å². The molecule has 1 aliphatic carbocycles. The van der Waals surface area contributed by atoms with E-state index < -0.39 is 0 Å². The van der Waals surface area contributed by atoms with Gasteiger partial charge in [0, 0.05) is 11.3 Å². The van der Waals surface area contributed by atoms with Crippen LogP contribution in [-0.2, 0) is 4.74 Å². The fraction of sp³-hybridized carbons (Fsp3) is 0.733. The van der Waals surface area contributed by atoms with Crippen molar-refractivity contribution in [1.29, 1.82) is 0 Å². The molecule has 2 nitrogen and oxygen atoms in total. The lowest BCUT2D eigenvalue weighted by atomic mass is 9.56. The van der Waals surface area contributed by atoms with Gasteiger partial charge < -0.3 is 9.84 Å². The number of aliphatic hydroxyl groups is 1. The normalized spacial score (nSPS) is 46.1. The first-order chi connectivity index (χ1) is 8.06. The number of fused-ring (bicyclic) bond motifs is 2. The minimum absolute atomic E-state index is 0.0811. The quantitative estimate of drug-likeness (QED) is 0.747. The summed E-state index contributed by atoms with van der Waals surface area (Å²) in [6.45, 7) is 9.59. The van der Waals surface area contributed by atoms with Gasteiger partial charge >= 0.3 is 0 Å². The minimum Gasteiger partial charge on any atom is -0.396 e. The second kappa shape index (κ2) is 4.58. The summed E-state index contributed by atoms with van der Waals surface area (Å²) in [5.74, 6) is 1.29. The van der Waals surface area contributed by atoms with Gasteiger partial charge in [-0.25, -0.2) is 0 Å². The fourth-order valence-corrected chi connectivity index (χ4v) is 3.70. The number of hydrogen-bond donors (Lipinski definition) is 1. The van der Waals surface area contributed by atoms with E-state index in [9.17, 15) is 5.11 Å². The Labute approximate surface area is 104 Å². The first-order valence-corrected chi connectivity index (χ1v) is 6.60. The molecule has 2 aliphatic rings. The Morgan fingerprint density at radius 3 is 2.82 bits per heavy atom. The molecule has 1 fully saturated rings. The first kappa shape index (κ1) is 12.8. The molecule has 5 unspecified atom stereocenters. The van der Waals surface area contributed by atoms with E-state index in [4.69, 9.17) is 4.74 Å². The highest BCUT2D eigenvalue weighted by Crippen LogP contribution is 2.52. The molecule has 96 valence electrons. The zero-order valence-electron chi connectivity index (χ0n) is 11.3. The number of aliphatic hydroxyl groups excluding tert-OH is 1. The van der Waals surface area contributed by atoms with Gasteiger partial charge in [-0.15, -0.1) is 0 Å². The van der Waals surface area contributed by atoms with Crippen LogP contribution < -0.4 is 0 Å². The molecule has 0 aromatic rings. The topological polar surface area (TPSA) is 29.5 Å². The molecule has 1 N–H and O–H groups in total. The molecular weight excluding hydrogens is 212 g/mol. The van der Waals surface area contributed by atoms with Crippen molar-refractivity contribution in [2.45, 2.75) is 33.8 Å². The van der Waals surface area contributed by atoms with Crippen molar-refractivity contribution in [3.8, 4) is 0 Å². The molecule has 2 rings (SSSR count). The Kier molecular flexibility index (Phi) is 3.46. The fourth-order valence-electron chi connectivity index (χ4n) is 3.70. The van der Waals surface area contributed by atoms with Crippen LogP contribution >= 0.6 is 0 Å². The Morgan fingerprint density at radius 1 is 1.53 bits per heavy atom. The van der Waals surface area contributed by atoms with Gasteiger partial charge in [-0.3, -0.25) is 0 Å². The van der Waals surface area contributed by atoms with Gasteiger partial charge in [0.25, 0.3) is 0 Å². The third-order valence-corrected chi connectivity index (χ3v) is 4.97. The average Bonchev–Trinajstić information content (AvgIpc) is 2.28. The van der Waals surface area contributed by atoms with E-state index in [0.29, 0.717) is 24.4 Å². The molecule has 1 saturated heterocycles. The van der Waals surface area contributed by atoms with Crippen LogP contribution in [0.4, 0.5) is 0 Å². The third-order valence-electron chi connectivity index (χ3n) is 4.97. The highest BCUT2D eigenvalue weighted by Gasteiger charge is 2.52. The van der Waals surface area contributed by atoms with Crippen LogP contribution in [0.25, 0.3) is 0 Å². The van der Waals surface area contributed by atoms with Crippen LogP contribution in [0, 0.1) is 23.2 Å². The summed E-state index contributed by atoms with van der Waals surface area (Å²) in [6, 6.07) is 0. The monoisotopic (exact) mass is 236 g/mol. The molecule has 0 amide bonds. The molecule has 0 saturated carbocycles. The molecule has 2 bridgehead atoms. The predicted molar refractivity (Wildman–Crippen MR) is 69.6 cm³/mol. The second-order valence-electron chi connectivity index (χ2n) is 5.71. The van der Waals surface area contributed by atoms with E-state index in [-0.39, 0.29) is 18.1 Å². The largest absolute Gasteiger partial charge is 0.396 e. The maximum absolute atomic E-state index is 9.81. The summed E-state index contributed by atoms with van der Waals surface area (Å²) in [6.07, 6.45) is 6.73. The number of allylic oxidation sites excluding steroid dienone is 2. The number of hydrogen-bond acceptors (Lipinski definition) is 2. The molecule has 1 aliphatic heterocycles. The van der Waals surface area contributed by atoms with E-state index in [0.717, 1.165) is 0 Å². The molecule has 17 heavy (non-hydrogen) atoms. The Morgan fingerprint density at radius 2 is 2.24 bits per heavy atom. The van der Waals surface area contributed by atoms with Crippen LogP contribution in [0.3, 0.4) is 0 Å². The van der Waals surface area contributed by atoms with Gasteiger partial charge in [0.15, 0.2) is 0 Å². The van der Waals surface area contributed by atoms with Crippen molar-refractivity contribution < 1.29 is 9.84 Å². The van der Waals surface area contributed by atoms with Gasteiger partial charge in [-0.05, 0) is 25.7 Å². The molecule has 0 spiro atoms. The first-order valence-electron chi connectivity index (χ1n) is 6.60. The highest BCUT2D eigenvalue weighted by molar-refractivity contribution is 5.22. The third kappa shape index (κ3) is 1.78. The highest BCUT2D eigenvalue weighted by atomic mass is 16.5.